The number of benzene rings is 3. The van der Waals surface area contributed by atoms with E-state index in [2.05, 4.69) is 5.32 Å². The van der Waals surface area contributed by atoms with Gasteiger partial charge in [0.15, 0.2) is 5.78 Å². The van der Waals surface area contributed by atoms with Gasteiger partial charge in [0.1, 0.15) is 10.2 Å². The molecule has 0 radical (unpaired) electrons. The summed E-state index contributed by atoms with van der Waals surface area (Å²) >= 11 is 37.4. The zero-order valence-electron chi connectivity index (χ0n) is 17.0. The summed E-state index contributed by atoms with van der Waals surface area (Å²) in [6.45, 7) is 0. The summed E-state index contributed by atoms with van der Waals surface area (Å²) in [7, 11) is 0. The van der Waals surface area contributed by atoms with Gasteiger partial charge in [-0.25, -0.2) is 4.39 Å². The van der Waals surface area contributed by atoms with Gasteiger partial charge in [0.25, 0.3) is 0 Å². The van der Waals surface area contributed by atoms with Gasteiger partial charge in [-0.2, -0.15) is 0 Å². The minimum Gasteiger partial charge on any atom is -0.326 e. The maximum atomic E-state index is 13.1. The smallest absolute Gasteiger partial charge is 0.231 e. The average molecular weight is 580 g/mol. The maximum Gasteiger partial charge on any atom is 0.231 e. The van der Waals surface area contributed by atoms with Crippen LogP contribution in [-0.4, -0.2) is 16.0 Å². The van der Waals surface area contributed by atoms with Crippen molar-refractivity contribution in [1.29, 1.82) is 0 Å². The van der Waals surface area contributed by atoms with Crippen LogP contribution in [0, 0.1) is 11.7 Å². The number of Topliss-reactive ketones (excluding diaryl/α,β-unsaturated/α-hetero) is 1. The average Bonchev–Trinajstić information content (AvgIpc) is 3.33. The van der Waals surface area contributed by atoms with Crippen LogP contribution >= 0.6 is 69.6 Å². The minimum atomic E-state index is -1.37. The lowest BCUT2D eigenvalue weighted by molar-refractivity contribution is -0.117. The Morgan fingerprint density at radius 3 is 2.15 bits per heavy atom. The molecule has 0 aliphatic heterocycles. The Labute approximate surface area is 225 Å². The minimum absolute atomic E-state index is 0.0274. The Morgan fingerprint density at radius 1 is 0.912 bits per heavy atom. The van der Waals surface area contributed by atoms with E-state index in [4.69, 9.17) is 69.6 Å². The zero-order valence-corrected chi connectivity index (χ0v) is 21.6. The molecule has 1 amide bonds. The van der Waals surface area contributed by atoms with Crippen LogP contribution in [0.4, 0.5) is 10.1 Å². The van der Waals surface area contributed by atoms with E-state index in [1.807, 2.05) is 0 Å². The largest absolute Gasteiger partial charge is 0.326 e. The Bertz CT molecular complexity index is 1280. The number of carbonyl (C=O) groups is 2. The Balaban J connectivity index is 1.54. The highest BCUT2D eigenvalue weighted by atomic mass is 35.5. The van der Waals surface area contributed by atoms with Crippen molar-refractivity contribution in [2.75, 3.05) is 5.32 Å². The molecule has 0 bridgehead atoms. The van der Waals surface area contributed by atoms with Gasteiger partial charge in [-0.15, -0.1) is 23.2 Å². The van der Waals surface area contributed by atoms with Crippen molar-refractivity contribution >= 4 is 87.0 Å². The first-order valence-corrected chi connectivity index (χ1v) is 12.2. The van der Waals surface area contributed by atoms with E-state index in [1.165, 1.54) is 36.4 Å². The Kier molecular flexibility index (Phi) is 7.40. The second kappa shape index (κ2) is 9.85. The normalized spacial score (nSPS) is 18.4. The number of alkyl halides is 2. The summed E-state index contributed by atoms with van der Waals surface area (Å²) in [6, 6.07) is 13.2. The highest BCUT2D eigenvalue weighted by Gasteiger charge is 2.67. The van der Waals surface area contributed by atoms with Crippen LogP contribution in [0.1, 0.15) is 27.4 Å². The standard InChI is InChI=1S/C24H14Cl6FNO2/c25-13-6-12(7-14(26)8-13)20-21(24(20,29)30)23(34)32-16-9-17(22(28)18(27)10-16)19(33)5-11-1-3-15(31)4-2-11/h1-4,6-10,20-21H,5H2,(H,32,34). The fourth-order valence-corrected chi connectivity index (χ4v) is 5.59. The van der Waals surface area contributed by atoms with Crippen LogP contribution in [0.2, 0.25) is 20.1 Å². The van der Waals surface area contributed by atoms with Gasteiger partial charge in [-0.3, -0.25) is 9.59 Å². The van der Waals surface area contributed by atoms with Crippen LogP contribution in [0.15, 0.2) is 54.6 Å². The molecule has 0 aromatic heterocycles. The SMILES string of the molecule is O=C(Cc1ccc(F)cc1)c1cc(NC(=O)C2C(c3cc(Cl)cc(Cl)c3)C2(Cl)Cl)cc(Cl)c1Cl. The molecule has 1 aliphatic rings. The van der Waals surface area contributed by atoms with Crippen molar-refractivity contribution in [3.63, 3.8) is 0 Å². The first kappa shape index (κ1) is 25.6. The van der Waals surface area contributed by atoms with Crippen LogP contribution < -0.4 is 5.32 Å². The second-order valence-electron chi connectivity index (χ2n) is 7.87. The summed E-state index contributed by atoms with van der Waals surface area (Å²) in [6.07, 6.45) is -0.0274. The number of ketones is 1. The molecule has 1 fully saturated rings. The summed E-state index contributed by atoms with van der Waals surface area (Å²) in [4.78, 5) is 25.8. The van der Waals surface area contributed by atoms with E-state index in [9.17, 15) is 14.0 Å². The molecule has 1 N–H and O–H groups in total. The molecule has 1 saturated carbocycles. The van der Waals surface area contributed by atoms with Gasteiger partial charge >= 0.3 is 0 Å². The second-order valence-corrected chi connectivity index (χ2v) is 11.0. The summed E-state index contributed by atoms with van der Waals surface area (Å²) in [5, 5.41) is 3.63. The number of hydrogen-bond acceptors (Lipinski definition) is 2. The Hall–Kier alpha value is -1.53. The van der Waals surface area contributed by atoms with Crippen LogP contribution in [-0.2, 0) is 11.2 Å². The molecule has 10 heteroatoms. The molecular weight excluding hydrogens is 566 g/mol. The monoisotopic (exact) mass is 577 g/mol. The molecule has 176 valence electrons. The van der Waals surface area contributed by atoms with Crippen molar-refractivity contribution in [3.8, 4) is 0 Å². The third kappa shape index (κ3) is 5.33. The lowest BCUT2D eigenvalue weighted by Gasteiger charge is -2.11. The van der Waals surface area contributed by atoms with Gasteiger partial charge in [-0.05, 0) is 53.6 Å². The first-order valence-electron chi connectivity index (χ1n) is 9.88. The third-order valence-electron chi connectivity index (χ3n) is 5.45. The lowest BCUT2D eigenvalue weighted by Crippen LogP contribution is -2.17. The maximum absolute atomic E-state index is 13.1. The zero-order chi connectivity index (χ0) is 24.8. The van der Waals surface area contributed by atoms with Crippen LogP contribution in [0.5, 0.6) is 0 Å². The third-order valence-corrected chi connectivity index (χ3v) is 7.63. The van der Waals surface area contributed by atoms with Crippen molar-refractivity contribution < 1.29 is 14.0 Å². The van der Waals surface area contributed by atoms with Crippen molar-refractivity contribution in [2.24, 2.45) is 5.92 Å². The summed E-state index contributed by atoms with van der Waals surface area (Å²) < 4.78 is 11.8. The van der Waals surface area contributed by atoms with E-state index in [0.717, 1.165) is 0 Å². The lowest BCUT2D eigenvalue weighted by atomic mass is 10.0. The molecule has 0 heterocycles. The molecular formula is C24H14Cl6FNO2. The van der Waals surface area contributed by atoms with Gasteiger partial charge in [-0.1, -0.05) is 58.5 Å². The van der Waals surface area contributed by atoms with E-state index >= 15 is 0 Å². The molecule has 1 aliphatic carbocycles. The van der Waals surface area contributed by atoms with E-state index < -0.39 is 27.9 Å². The molecule has 2 unspecified atom stereocenters. The predicted octanol–water partition coefficient (Wildman–Crippen LogP) is 8.39. The van der Waals surface area contributed by atoms with Gasteiger partial charge in [0.2, 0.25) is 5.91 Å². The van der Waals surface area contributed by atoms with Crippen LogP contribution in [0.3, 0.4) is 0 Å². The quantitative estimate of drug-likeness (QED) is 0.235. The molecule has 34 heavy (non-hydrogen) atoms. The van der Waals surface area contributed by atoms with E-state index in [0.29, 0.717) is 21.2 Å². The van der Waals surface area contributed by atoms with Gasteiger partial charge < -0.3 is 5.32 Å². The first-order chi connectivity index (χ1) is 16.0. The number of amides is 1. The molecule has 0 spiro atoms. The van der Waals surface area contributed by atoms with Gasteiger partial charge in [0.05, 0.1) is 16.0 Å². The predicted molar refractivity (Wildman–Crippen MR) is 137 cm³/mol. The molecule has 2 atom stereocenters. The summed E-state index contributed by atoms with van der Waals surface area (Å²) in [5.74, 6) is -2.56. The number of carbonyl (C=O) groups excluding carboxylic acids is 2. The topological polar surface area (TPSA) is 46.2 Å². The van der Waals surface area contributed by atoms with Crippen molar-refractivity contribution in [2.45, 2.75) is 16.7 Å². The molecule has 3 aromatic rings. The number of hydrogen-bond donors (Lipinski definition) is 1. The van der Waals surface area contributed by atoms with Crippen LogP contribution in [0.25, 0.3) is 0 Å². The number of halogens is 7. The summed E-state index contributed by atoms with van der Waals surface area (Å²) in [5.41, 5.74) is 1.60. The fraction of sp³-hybridized carbons (Fsp3) is 0.167. The number of nitrogens with one attached hydrogen (secondary N) is 1. The fourth-order valence-electron chi connectivity index (χ4n) is 3.79. The highest BCUT2D eigenvalue weighted by Crippen LogP contribution is 2.65. The highest BCUT2D eigenvalue weighted by molar-refractivity contribution is 6.53. The number of rotatable bonds is 6. The van der Waals surface area contributed by atoms with Crippen molar-refractivity contribution in [1.82, 2.24) is 0 Å². The molecule has 4 rings (SSSR count). The number of anilines is 1. The molecule has 3 nitrogen and oxygen atoms in total. The molecule has 0 saturated heterocycles. The molecule has 3 aromatic carbocycles. The Morgan fingerprint density at radius 2 is 1.53 bits per heavy atom. The van der Waals surface area contributed by atoms with Crippen molar-refractivity contribution in [3.05, 3.63) is 97.2 Å². The van der Waals surface area contributed by atoms with E-state index in [1.54, 1.807) is 18.2 Å². The van der Waals surface area contributed by atoms with Gasteiger partial charge in [0, 0.05) is 33.6 Å². The van der Waals surface area contributed by atoms with E-state index in [-0.39, 0.29) is 33.5 Å².